The Bertz CT molecular complexity index is 1530. The average Bonchev–Trinajstić information content (AvgIpc) is 3.54. The third-order valence-corrected chi connectivity index (χ3v) is 9.64. The molecule has 5 rings (SSSR count). The van der Waals surface area contributed by atoms with Crippen LogP contribution >= 0.6 is 0 Å². The molecule has 11 heteroatoms. The summed E-state index contributed by atoms with van der Waals surface area (Å²) in [6, 6.07) is 17.8. The van der Waals surface area contributed by atoms with Crippen molar-refractivity contribution in [1.82, 2.24) is 30.2 Å². The number of rotatable bonds is 12. The van der Waals surface area contributed by atoms with Gasteiger partial charge < -0.3 is 25.8 Å². The molecular weight excluding hydrogens is 606 g/mol. The van der Waals surface area contributed by atoms with Gasteiger partial charge in [0.15, 0.2) is 0 Å². The van der Waals surface area contributed by atoms with Gasteiger partial charge in [0.25, 0.3) is 5.91 Å². The summed E-state index contributed by atoms with van der Waals surface area (Å²) in [4.78, 5) is 57.5. The topological polar surface area (TPSA) is 129 Å². The minimum atomic E-state index is -0.711. The molecule has 0 spiro atoms. The molecule has 0 unspecified atom stereocenters. The summed E-state index contributed by atoms with van der Waals surface area (Å²) in [6.45, 7) is 3.90. The van der Waals surface area contributed by atoms with Crippen LogP contribution in [0.1, 0.15) is 67.1 Å². The predicted molar refractivity (Wildman–Crippen MR) is 185 cm³/mol. The molecule has 1 saturated heterocycles. The number of aromatic nitrogens is 2. The van der Waals surface area contributed by atoms with Gasteiger partial charge in [-0.1, -0.05) is 68.7 Å². The third kappa shape index (κ3) is 9.09. The molecule has 256 valence electrons. The van der Waals surface area contributed by atoms with Crippen molar-refractivity contribution in [3.63, 3.8) is 0 Å². The maximum atomic E-state index is 14.1. The van der Waals surface area contributed by atoms with E-state index in [1.165, 1.54) is 10.2 Å². The zero-order valence-electron chi connectivity index (χ0n) is 28.4. The Labute approximate surface area is 283 Å². The first kappa shape index (κ1) is 34.8. The number of nitrogens with zero attached hydrogens (tertiary/aromatic N) is 4. The summed E-state index contributed by atoms with van der Waals surface area (Å²) in [7, 11) is 3.77. The molecule has 4 amide bonds. The average molecular weight is 656 g/mol. The maximum absolute atomic E-state index is 14.1. The van der Waals surface area contributed by atoms with E-state index in [0.717, 1.165) is 57.2 Å². The number of benzene rings is 2. The van der Waals surface area contributed by atoms with Crippen LogP contribution in [-0.4, -0.2) is 88.0 Å². The molecule has 0 radical (unpaired) electrons. The van der Waals surface area contributed by atoms with E-state index in [4.69, 9.17) is 0 Å². The Kier molecular flexibility index (Phi) is 12.0. The molecule has 2 fully saturated rings. The van der Waals surface area contributed by atoms with Gasteiger partial charge in [-0.3, -0.25) is 23.9 Å². The number of anilines is 1. The molecule has 48 heavy (non-hydrogen) atoms. The normalized spacial score (nSPS) is 18.5. The molecule has 3 aromatic rings. The first-order valence-corrected chi connectivity index (χ1v) is 17.2. The van der Waals surface area contributed by atoms with Gasteiger partial charge in [-0.15, -0.1) is 0 Å². The number of aryl methyl sites for hydroxylation is 1. The van der Waals surface area contributed by atoms with E-state index < -0.39 is 12.1 Å². The number of likely N-dealkylation sites (N-methyl/N-ethyl adjacent to an activating group) is 1. The lowest BCUT2D eigenvalue weighted by Gasteiger charge is -2.41. The van der Waals surface area contributed by atoms with Crippen LogP contribution in [0.25, 0.3) is 0 Å². The minimum Gasteiger partial charge on any atom is -0.344 e. The molecule has 2 aliphatic rings. The molecule has 3 atom stereocenters. The van der Waals surface area contributed by atoms with Gasteiger partial charge in [0.05, 0.1) is 0 Å². The fourth-order valence-electron chi connectivity index (χ4n) is 6.91. The molecule has 1 saturated carbocycles. The standard InChI is InChI=1S/C37H49N7O4/c1-4-33(45)40-31(37(48)44-22-21-42(2)25-30(44)23-26-11-7-5-8-12-26)24-27-15-17-29(18-16-27)39-36(47)34(28-13-9-6-10-14-28)41-35(46)32-19-20-38-43(32)3/h5,7-8,11-12,15-20,28,30-31,34H,4,6,9-10,13-14,21-25H2,1-3H3,(H,39,47)(H,40,45)(H,41,46)/t30-,31+,34-/m0/s1. The summed E-state index contributed by atoms with van der Waals surface area (Å²) >= 11 is 0. The number of hydrogen-bond acceptors (Lipinski definition) is 6. The molecule has 2 heterocycles. The third-order valence-electron chi connectivity index (χ3n) is 9.64. The lowest BCUT2D eigenvalue weighted by atomic mass is 9.83. The van der Waals surface area contributed by atoms with Gasteiger partial charge in [-0.2, -0.15) is 5.10 Å². The van der Waals surface area contributed by atoms with Crippen LogP contribution in [-0.2, 0) is 34.3 Å². The van der Waals surface area contributed by atoms with Crippen molar-refractivity contribution < 1.29 is 19.2 Å². The number of piperazine rings is 1. The van der Waals surface area contributed by atoms with Crippen LogP contribution in [0.3, 0.4) is 0 Å². The van der Waals surface area contributed by atoms with Gasteiger partial charge in [-0.25, -0.2) is 0 Å². The van der Waals surface area contributed by atoms with E-state index in [2.05, 4.69) is 45.1 Å². The summed E-state index contributed by atoms with van der Waals surface area (Å²) in [5.74, 6) is -0.791. The zero-order valence-corrected chi connectivity index (χ0v) is 28.4. The monoisotopic (exact) mass is 655 g/mol. The van der Waals surface area contributed by atoms with Gasteiger partial charge in [0.2, 0.25) is 17.7 Å². The Hall–Kier alpha value is -4.51. The maximum Gasteiger partial charge on any atom is 0.270 e. The van der Waals surface area contributed by atoms with Crippen molar-refractivity contribution >= 4 is 29.3 Å². The minimum absolute atomic E-state index is 0.00671. The van der Waals surface area contributed by atoms with Gasteiger partial charge >= 0.3 is 0 Å². The van der Waals surface area contributed by atoms with Crippen LogP contribution in [0.2, 0.25) is 0 Å². The van der Waals surface area contributed by atoms with E-state index >= 15 is 0 Å². The van der Waals surface area contributed by atoms with Crippen LogP contribution in [0.4, 0.5) is 5.69 Å². The van der Waals surface area contributed by atoms with Gasteiger partial charge in [-0.05, 0) is 61.6 Å². The molecule has 1 aromatic heterocycles. The second-order valence-electron chi connectivity index (χ2n) is 13.2. The summed E-state index contributed by atoms with van der Waals surface area (Å²) in [5.41, 5.74) is 3.03. The first-order valence-electron chi connectivity index (χ1n) is 17.2. The molecule has 2 aromatic carbocycles. The van der Waals surface area contributed by atoms with E-state index in [1.54, 1.807) is 26.2 Å². The number of carbonyl (C=O) groups excluding carboxylic acids is 4. The zero-order chi connectivity index (χ0) is 34.0. The molecule has 3 N–H and O–H groups in total. The van der Waals surface area contributed by atoms with E-state index in [0.29, 0.717) is 24.3 Å². The Morgan fingerprint density at radius 3 is 2.27 bits per heavy atom. The van der Waals surface area contributed by atoms with Crippen molar-refractivity contribution in [2.75, 3.05) is 32.0 Å². The van der Waals surface area contributed by atoms with E-state index in [1.807, 2.05) is 47.4 Å². The van der Waals surface area contributed by atoms with E-state index in [-0.39, 0.29) is 42.0 Å². The fourth-order valence-corrected chi connectivity index (χ4v) is 6.91. The van der Waals surface area contributed by atoms with E-state index in [9.17, 15) is 19.2 Å². The summed E-state index contributed by atoms with van der Waals surface area (Å²) < 4.78 is 1.50. The van der Waals surface area contributed by atoms with Crippen molar-refractivity contribution in [3.05, 3.63) is 83.7 Å². The molecular formula is C37H49N7O4. The van der Waals surface area contributed by atoms with Crippen LogP contribution in [0.15, 0.2) is 66.9 Å². The Balaban J connectivity index is 1.27. The fraction of sp³-hybridized carbons (Fsp3) is 0.486. The highest BCUT2D eigenvalue weighted by Gasteiger charge is 2.35. The first-order chi connectivity index (χ1) is 23.2. The number of carbonyl (C=O) groups is 4. The van der Waals surface area contributed by atoms with Crippen molar-refractivity contribution in [2.45, 2.75) is 76.4 Å². The van der Waals surface area contributed by atoms with Crippen molar-refractivity contribution in [2.24, 2.45) is 13.0 Å². The number of amides is 4. The lowest BCUT2D eigenvalue weighted by molar-refractivity contribution is -0.140. The second kappa shape index (κ2) is 16.5. The predicted octanol–water partition coefficient (Wildman–Crippen LogP) is 3.56. The van der Waals surface area contributed by atoms with Crippen LogP contribution in [0.5, 0.6) is 0 Å². The quantitative estimate of drug-likeness (QED) is 0.274. The Morgan fingerprint density at radius 2 is 1.60 bits per heavy atom. The summed E-state index contributed by atoms with van der Waals surface area (Å²) in [6.07, 6.45) is 7.85. The lowest BCUT2D eigenvalue weighted by Crippen LogP contribution is -2.60. The summed E-state index contributed by atoms with van der Waals surface area (Å²) in [5, 5.41) is 13.1. The highest BCUT2D eigenvalue weighted by Crippen LogP contribution is 2.28. The Morgan fingerprint density at radius 1 is 0.875 bits per heavy atom. The number of nitrogens with one attached hydrogen (secondary N) is 3. The van der Waals surface area contributed by atoms with Crippen molar-refractivity contribution in [3.8, 4) is 0 Å². The highest BCUT2D eigenvalue weighted by atomic mass is 16.2. The smallest absolute Gasteiger partial charge is 0.270 e. The second-order valence-corrected chi connectivity index (χ2v) is 13.2. The van der Waals surface area contributed by atoms with Gasteiger partial charge in [0, 0.05) is 57.4 Å². The van der Waals surface area contributed by atoms with Crippen LogP contribution in [0, 0.1) is 5.92 Å². The molecule has 1 aliphatic carbocycles. The van der Waals surface area contributed by atoms with Crippen LogP contribution < -0.4 is 16.0 Å². The molecule has 1 aliphatic heterocycles. The SMILES string of the molecule is CCC(=O)N[C@H](Cc1ccc(NC(=O)[C@@H](NC(=O)c2ccnn2C)C2CCCCC2)cc1)C(=O)N1CCN(C)C[C@@H]1Cc1ccccc1. The number of hydrogen-bond donors (Lipinski definition) is 3. The highest BCUT2D eigenvalue weighted by molar-refractivity contribution is 6.00. The van der Waals surface area contributed by atoms with Gasteiger partial charge in [0.1, 0.15) is 17.8 Å². The molecule has 11 nitrogen and oxygen atoms in total. The molecule has 0 bridgehead atoms. The largest absolute Gasteiger partial charge is 0.344 e. The van der Waals surface area contributed by atoms with Crippen molar-refractivity contribution in [1.29, 1.82) is 0 Å².